The molecule has 1 aliphatic heterocycles. The fourth-order valence-electron chi connectivity index (χ4n) is 2.33. The van der Waals surface area contributed by atoms with E-state index in [0.717, 1.165) is 22.8 Å². The second-order valence-electron chi connectivity index (χ2n) is 6.16. The van der Waals surface area contributed by atoms with Gasteiger partial charge in [-0.1, -0.05) is 0 Å². The zero-order valence-electron chi connectivity index (χ0n) is 17.3. The fraction of sp³-hybridized carbons (Fsp3) is 0.444. The van der Waals surface area contributed by atoms with Gasteiger partial charge in [0, 0.05) is 22.8 Å². The van der Waals surface area contributed by atoms with Crippen LogP contribution in [0.1, 0.15) is 22.8 Å². The highest BCUT2D eigenvalue weighted by Gasteiger charge is 2.23. The Balaban J connectivity index is 0.000000266. The first-order chi connectivity index (χ1) is 14.1. The molecule has 0 unspecified atom stereocenters. The monoisotopic (exact) mass is 422 g/mol. The van der Waals surface area contributed by atoms with Crippen molar-refractivity contribution in [2.45, 2.75) is 27.7 Å². The van der Waals surface area contributed by atoms with Gasteiger partial charge >= 0.3 is 11.9 Å². The zero-order valence-corrected chi connectivity index (χ0v) is 17.3. The highest BCUT2D eigenvalue weighted by atomic mass is 16.6. The van der Waals surface area contributed by atoms with Crippen molar-refractivity contribution in [1.82, 2.24) is 19.9 Å². The van der Waals surface area contributed by atoms with Crippen LogP contribution in [0.15, 0.2) is 12.1 Å². The standard InChI is InChI=1S/C9H11N3O2.C8H11N3O2.CH4O2/c1-6-3-7(2)11-9(10-6)12-4-8(13)14-5-12;1-5-3-6(2)11-8(10-5)9-4-7(12)13;2-1-3/h3H,4-5H2,1-2H3;3H,4H2,1-2H3,(H,12,13)(H,9,10,11);2-3H,1H2. The van der Waals surface area contributed by atoms with Crippen molar-refractivity contribution < 1.29 is 29.6 Å². The summed E-state index contributed by atoms with van der Waals surface area (Å²) in [7, 11) is 0. The van der Waals surface area contributed by atoms with Crippen LogP contribution < -0.4 is 10.2 Å². The fourth-order valence-corrected chi connectivity index (χ4v) is 2.33. The van der Waals surface area contributed by atoms with E-state index in [1.54, 1.807) is 4.90 Å². The molecule has 0 spiro atoms. The van der Waals surface area contributed by atoms with Gasteiger partial charge in [-0.2, -0.15) is 0 Å². The molecule has 0 aliphatic carbocycles. The average molecular weight is 422 g/mol. The second kappa shape index (κ2) is 12.2. The molecule has 1 saturated heterocycles. The summed E-state index contributed by atoms with van der Waals surface area (Å²) < 4.78 is 4.81. The van der Waals surface area contributed by atoms with Gasteiger partial charge in [0.1, 0.15) is 19.9 Å². The van der Waals surface area contributed by atoms with E-state index in [4.69, 9.17) is 20.1 Å². The molecular formula is C18H26N6O6. The highest BCUT2D eigenvalue weighted by Crippen LogP contribution is 2.13. The Labute approximate surface area is 173 Å². The van der Waals surface area contributed by atoms with E-state index in [1.165, 1.54) is 0 Å². The molecule has 12 nitrogen and oxygen atoms in total. The number of hydrogen-bond acceptors (Lipinski definition) is 11. The molecule has 3 rings (SSSR count). The predicted molar refractivity (Wildman–Crippen MR) is 107 cm³/mol. The largest absolute Gasteiger partial charge is 0.480 e. The smallest absolute Gasteiger partial charge is 0.327 e. The van der Waals surface area contributed by atoms with Crippen LogP contribution in [0, 0.1) is 27.7 Å². The minimum Gasteiger partial charge on any atom is -0.480 e. The molecule has 0 bridgehead atoms. The van der Waals surface area contributed by atoms with Crippen LogP contribution in [-0.2, 0) is 14.3 Å². The molecule has 4 N–H and O–H groups in total. The number of carbonyl (C=O) groups is 2. The summed E-state index contributed by atoms with van der Waals surface area (Å²) in [5.41, 5.74) is 3.43. The van der Waals surface area contributed by atoms with Gasteiger partial charge in [-0.05, 0) is 39.8 Å². The number of aliphatic carboxylic acids is 1. The summed E-state index contributed by atoms with van der Waals surface area (Å²) >= 11 is 0. The number of carboxylic acid groups (broad SMARTS) is 1. The van der Waals surface area contributed by atoms with Gasteiger partial charge in [0.2, 0.25) is 11.9 Å². The third kappa shape index (κ3) is 9.21. The molecule has 0 saturated carbocycles. The van der Waals surface area contributed by atoms with Gasteiger partial charge in [-0.25, -0.2) is 19.9 Å². The lowest BCUT2D eigenvalue weighted by atomic mass is 10.3. The number of nitrogens with zero attached hydrogens (tertiary/aromatic N) is 5. The first kappa shape index (κ1) is 24.7. The number of carbonyl (C=O) groups excluding carboxylic acids is 1. The Morgan fingerprint density at radius 2 is 1.50 bits per heavy atom. The number of aromatic nitrogens is 4. The number of aliphatic hydroxyl groups excluding tert-OH is 1. The van der Waals surface area contributed by atoms with Gasteiger partial charge < -0.3 is 25.4 Å². The summed E-state index contributed by atoms with van der Waals surface area (Å²) in [6, 6.07) is 3.72. The Hall–Kier alpha value is -3.38. The molecule has 164 valence electrons. The normalized spacial score (nSPS) is 12.2. The summed E-state index contributed by atoms with van der Waals surface area (Å²) in [6.07, 6.45) is 0. The molecule has 2 aromatic rings. The maximum absolute atomic E-state index is 10.9. The number of esters is 1. The summed E-state index contributed by atoms with van der Waals surface area (Å²) in [4.78, 5) is 39.3. The lowest BCUT2D eigenvalue weighted by Crippen LogP contribution is -2.22. The van der Waals surface area contributed by atoms with E-state index >= 15 is 0 Å². The maximum Gasteiger partial charge on any atom is 0.327 e. The maximum atomic E-state index is 10.9. The highest BCUT2D eigenvalue weighted by molar-refractivity contribution is 5.77. The zero-order chi connectivity index (χ0) is 22.7. The molecule has 1 aliphatic rings. The van der Waals surface area contributed by atoms with Gasteiger partial charge in [0.15, 0.2) is 6.73 Å². The van der Waals surface area contributed by atoms with Crippen molar-refractivity contribution in [2.24, 2.45) is 0 Å². The van der Waals surface area contributed by atoms with Crippen LogP contribution in [0.4, 0.5) is 11.9 Å². The van der Waals surface area contributed by atoms with E-state index in [9.17, 15) is 9.59 Å². The SMILES string of the molecule is Cc1cc(C)nc(N2COC(=O)C2)n1.Cc1cc(C)nc(NCC(=O)O)n1.OCO. The summed E-state index contributed by atoms with van der Waals surface area (Å²) in [5, 5.41) is 25.2. The van der Waals surface area contributed by atoms with Gasteiger partial charge in [-0.3, -0.25) is 14.5 Å². The number of cyclic esters (lactones) is 1. The van der Waals surface area contributed by atoms with Crippen molar-refractivity contribution in [3.63, 3.8) is 0 Å². The quantitative estimate of drug-likeness (QED) is 0.382. The molecule has 12 heteroatoms. The van der Waals surface area contributed by atoms with E-state index in [1.807, 2.05) is 39.8 Å². The number of hydrogen-bond donors (Lipinski definition) is 4. The van der Waals surface area contributed by atoms with Gasteiger partial charge in [-0.15, -0.1) is 0 Å². The lowest BCUT2D eigenvalue weighted by Gasteiger charge is -2.12. The van der Waals surface area contributed by atoms with Crippen molar-refractivity contribution in [3.8, 4) is 0 Å². The van der Waals surface area contributed by atoms with E-state index < -0.39 is 12.8 Å². The Morgan fingerprint density at radius 1 is 1.03 bits per heavy atom. The van der Waals surface area contributed by atoms with Crippen LogP contribution in [0.25, 0.3) is 0 Å². The average Bonchev–Trinajstić information content (AvgIpc) is 3.06. The molecule has 2 aromatic heterocycles. The number of nitrogens with one attached hydrogen (secondary N) is 1. The summed E-state index contributed by atoms with van der Waals surface area (Å²) in [6.45, 7) is 7.04. The molecule has 0 amide bonds. The molecule has 3 heterocycles. The number of carboxylic acids is 1. The van der Waals surface area contributed by atoms with Crippen molar-refractivity contribution in [1.29, 1.82) is 0 Å². The topological polar surface area (TPSA) is 171 Å². The van der Waals surface area contributed by atoms with Crippen LogP contribution in [0.3, 0.4) is 0 Å². The Morgan fingerprint density at radius 3 is 1.90 bits per heavy atom. The van der Waals surface area contributed by atoms with Gasteiger partial charge in [0.05, 0.1) is 0 Å². The van der Waals surface area contributed by atoms with E-state index in [0.29, 0.717) is 11.9 Å². The molecule has 30 heavy (non-hydrogen) atoms. The van der Waals surface area contributed by atoms with Crippen molar-refractivity contribution in [3.05, 3.63) is 34.9 Å². The predicted octanol–water partition coefficient (Wildman–Crippen LogP) is -0.0674. The molecule has 1 fully saturated rings. The molecule has 0 aromatic carbocycles. The van der Waals surface area contributed by atoms with Crippen LogP contribution >= 0.6 is 0 Å². The number of ether oxygens (including phenoxy) is 1. The van der Waals surface area contributed by atoms with Crippen LogP contribution in [-0.4, -0.2) is 73.8 Å². The third-order valence-electron chi connectivity index (χ3n) is 3.33. The Kier molecular flexibility index (Phi) is 10.1. The van der Waals surface area contributed by atoms with Crippen LogP contribution in [0.5, 0.6) is 0 Å². The van der Waals surface area contributed by atoms with Gasteiger partial charge in [0.25, 0.3) is 0 Å². The van der Waals surface area contributed by atoms with Crippen molar-refractivity contribution in [2.75, 3.05) is 36.8 Å². The first-order valence-corrected chi connectivity index (χ1v) is 8.87. The number of aryl methyl sites for hydroxylation is 4. The molecular weight excluding hydrogens is 396 g/mol. The van der Waals surface area contributed by atoms with Crippen LogP contribution in [0.2, 0.25) is 0 Å². The van der Waals surface area contributed by atoms with E-state index in [2.05, 4.69) is 25.3 Å². The summed E-state index contributed by atoms with van der Waals surface area (Å²) in [5.74, 6) is -0.233. The minimum atomic E-state index is -0.928. The molecule has 0 atom stereocenters. The van der Waals surface area contributed by atoms with Crippen molar-refractivity contribution >= 4 is 23.8 Å². The number of rotatable bonds is 4. The van der Waals surface area contributed by atoms with E-state index in [-0.39, 0.29) is 25.8 Å². The third-order valence-corrected chi connectivity index (χ3v) is 3.33. The molecule has 0 radical (unpaired) electrons. The number of aliphatic hydroxyl groups is 2. The number of anilines is 2. The second-order valence-corrected chi connectivity index (χ2v) is 6.16. The lowest BCUT2D eigenvalue weighted by molar-refractivity contribution is -0.137. The Bertz CT molecular complexity index is 823. The minimum absolute atomic E-state index is 0.164. The first-order valence-electron chi connectivity index (χ1n) is 8.87.